The number of hydrogen-bond donors (Lipinski definition) is 0. The van der Waals surface area contributed by atoms with Gasteiger partial charge in [0.05, 0.1) is 35.9 Å². The summed E-state index contributed by atoms with van der Waals surface area (Å²) < 4.78 is 49.1. The first-order valence-electron chi connectivity index (χ1n) is 11.7. The third-order valence-electron chi connectivity index (χ3n) is 6.62. The van der Waals surface area contributed by atoms with Crippen LogP contribution in [0.5, 0.6) is 0 Å². The fourth-order valence-corrected chi connectivity index (χ4v) is 6.60. The number of sulfone groups is 1. The third-order valence-corrected chi connectivity index (χ3v) is 9.10. The summed E-state index contributed by atoms with van der Waals surface area (Å²) in [5.74, 6) is 1.67. The van der Waals surface area contributed by atoms with E-state index in [1.54, 1.807) is 14.2 Å². The molecule has 7 heteroatoms. The standard InChI is InChI=1S/C26H34O6S/c1-29-19-3-7-21(8-4-19)31-23-11-15-25(16-12-23)33(27,28)26-17-13-24(14-18-26)32-22-9-5-20(30-2)6-10-22/h3-5,7,9-11,13,15,17,20-21,23-26H,6,8,12,14,16,18H2,1-2H3. The lowest BCUT2D eigenvalue weighted by Crippen LogP contribution is -2.35. The lowest BCUT2D eigenvalue weighted by atomic mass is 10.0. The van der Waals surface area contributed by atoms with Gasteiger partial charge in [-0.25, -0.2) is 8.42 Å². The van der Waals surface area contributed by atoms with E-state index in [0.29, 0.717) is 25.7 Å². The molecule has 6 nitrogen and oxygen atoms in total. The maximum absolute atomic E-state index is 13.2. The van der Waals surface area contributed by atoms with E-state index in [0.717, 1.165) is 24.4 Å². The second-order valence-corrected chi connectivity index (χ2v) is 11.2. The third kappa shape index (κ3) is 6.08. The van der Waals surface area contributed by atoms with Gasteiger partial charge in [-0.15, -0.1) is 0 Å². The Bertz CT molecular complexity index is 971. The van der Waals surface area contributed by atoms with E-state index in [1.807, 2.05) is 60.8 Å². The van der Waals surface area contributed by atoms with Gasteiger partial charge in [0.2, 0.25) is 0 Å². The zero-order chi connectivity index (χ0) is 23.3. The van der Waals surface area contributed by atoms with Crippen molar-refractivity contribution in [2.45, 2.75) is 73.4 Å². The Balaban J connectivity index is 1.28. The summed E-state index contributed by atoms with van der Waals surface area (Å²) in [5.41, 5.74) is 0. The fraction of sp³-hybridized carbons (Fsp3) is 0.538. The van der Waals surface area contributed by atoms with Crippen LogP contribution in [-0.4, -0.2) is 57.6 Å². The maximum atomic E-state index is 13.2. The molecular weight excluding hydrogens is 440 g/mol. The van der Waals surface area contributed by atoms with E-state index in [9.17, 15) is 8.42 Å². The van der Waals surface area contributed by atoms with Gasteiger partial charge in [-0.3, -0.25) is 0 Å². The Kier molecular flexibility index (Phi) is 7.94. The van der Waals surface area contributed by atoms with Crippen LogP contribution in [0, 0.1) is 0 Å². The molecule has 0 saturated heterocycles. The normalized spacial score (nSPS) is 34.0. The molecule has 0 N–H and O–H groups in total. The summed E-state index contributed by atoms with van der Waals surface area (Å²) in [6, 6.07) is 0. The molecule has 0 aromatic carbocycles. The summed E-state index contributed by atoms with van der Waals surface area (Å²) in [7, 11) is 0.0545. The highest BCUT2D eigenvalue weighted by Gasteiger charge is 2.35. The number of hydrogen-bond acceptors (Lipinski definition) is 6. The van der Waals surface area contributed by atoms with Crippen LogP contribution in [-0.2, 0) is 28.8 Å². The van der Waals surface area contributed by atoms with Gasteiger partial charge in [-0.1, -0.05) is 30.4 Å². The molecule has 0 saturated carbocycles. The van der Waals surface area contributed by atoms with Crippen LogP contribution in [0.3, 0.4) is 0 Å². The summed E-state index contributed by atoms with van der Waals surface area (Å²) in [5, 5.41) is -0.918. The zero-order valence-corrected chi connectivity index (χ0v) is 20.2. The van der Waals surface area contributed by atoms with Gasteiger partial charge in [0.1, 0.15) is 17.6 Å². The number of methoxy groups -OCH3 is 2. The molecule has 6 unspecified atom stereocenters. The first-order chi connectivity index (χ1) is 16.0. The van der Waals surface area contributed by atoms with Gasteiger partial charge < -0.3 is 18.9 Å². The van der Waals surface area contributed by atoms with Crippen molar-refractivity contribution in [3.8, 4) is 0 Å². The largest absolute Gasteiger partial charge is 0.497 e. The highest BCUT2D eigenvalue weighted by atomic mass is 32.2. The average Bonchev–Trinajstić information content (AvgIpc) is 2.86. The Morgan fingerprint density at radius 1 is 0.697 bits per heavy atom. The molecule has 4 rings (SSSR count). The van der Waals surface area contributed by atoms with Crippen molar-refractivity contribution >= 4 is 9.84 Å². The van der Waals surface area contributed by atoms with Crippen molar-refractivity contribution in [2.24, 2.45) is 0 Å². The van der Waals surface area contributed by atoms with Crippen molar-refractivity contribution in [3.05, 3.63) is 72.3 Å². The fourth-order valence-electron chi connectivity index (χ4n) is 4.60. The molecule has 4 aliphatic carbocycles. The molecule has 0 aliphatic heterocycles. The van der Waals surface area contributed by atoms with Crippen LogP contribution in [0.15, 0.2) is 72.3 Å². The Hall–Kier alpha value is -2.09. The highest BCUT2D eigenvalue weighted by molar-refractivity contribution is 7.93. The predicted molar refractivity (Wildman–Crippen MR) is 128 cm³/mol. The van der Waals surface area contributed by atoms with Crippen molar-refractivity contribution in [3.63, 3.8) is 0 Å². The van der Waals surface area contributed by atoms with Gasteiger partial charge in [0.25, 0.3) is 0 Å². The lowest BCUT2D eigenvalue weighted by Gasteiger charge is -2.30. The maximum Gasteiger partial charge on any atom is 0.163 e. The molecule has 6 atom stereocenters. The van der Waals surface area contributed by atoms with E-state index < -0.39 is 20.3 Å². The number of allylic oxidation sites excluding steroid dienone is 2. The number of rotatable bonds is 8. The Morgan fingerprint density at radius 2 is 1.30 bits per heavy atom. The summed E-state index contributed by atoms with van der Waals surface area (Å²) >= 11 is 0. The Labute approximate surface area is 197 Å². The average molecular weight is 475 g/mol. The minimum Gasteiger partial charge on any atom is -0.497 e. The molecule has 0 amide bonds. The molecule has 0 heterocycles. The van der Waals surface area contributed by atoms with E-state index in [4.69, 9.17) is 18.9 Å². The molecular formula is C26H34O6S. The lowest BCUT2D eigenvalue weighted by molar-refractivity contribution is 0.0336. The second-order valence-electron chi connectivity index (χ2n) is 8.84. The molecule has 0 radical (unpaired) electrons. The van der Waals surface area contributed by atoms with Crippen LogP contribution in [0.4, 0.5) is 0 Å². The van der Waals surface area contributed by atoms with Gasteiger partial charge in [-0.05, 0) is 68.9 Å². The molecule has 180 valence electrons. The van der Waals surface area contributed by atoms with Crippen molar-refractivity contribution in [1.29, 1.82) is 0 Å². The first-order valence-corrected chi connectivity index (χ1v) is 13.3. The Morgan fingerprint density at radius 3 is 1.82 bits per heavy atom. The van der Waals surface area contributed by atoms with Gasteiger partial charge >= 0.3 is 0 Å². The molecule has 4 aliphatic rings. The van der Waals surface area contributed by atoms with Gasteiger partial charge in [0, 0.05) is 7.11 Å². The minimum atomic E-state index is -3.29. The second kappa shape index (κ2) is 10.9. The van der Waals surface area contributed by atoms with Crippen molar-refractivity contribution in [1.82, 2.24) is 0 Å². The van der Waals surface area contributed by atoms with Crippen molar-refractivity contribution in [2.75, 3.05) is 14.2 Å². The van der Waals surface area contributed by atoms with E-state index in [2.05, 4.69) is 0 Å². The first kappa shape index (κ1) is 24.0. The van der Waals surface area contributed by atoms with Crippen LogP contribution in [0.25, 0.3) is 0 Å². The number of ether oxygens (including phenoxy) is 4. The van der Waals surface area contributed by atoms with Crippen LogP contribution in [0.1, 0.15) is 38.5 Å². The molecule has 0 fully saturated rings. The van der Waals surface area contributed by atoms with Crippen LogP contribution < -0.4 is 0 Å². The van der Waals surface area contributed by atoms with E-state index in [-0.39, 0.29) is 24.4 Å². The quantitative estimate of drug-likeness (QED) is 0.488. The van der Waals surface area contributed by atoms with Crippen LogP contribution >= 0.6 is 0 Å². The topological polar surface area (TPSA) is 71.1 Å². The van der Waals surface area contributed by atoms with Gasteiger partial charge in [0.15, 0.2) is 9.84 Å². The molecule has 0 bridgehead atoms. The smallest absolute Gasteiger partial charge is 0.163 e. The SMILES string of the molecule is COC1=CCC(OC2C=CC(S(=O)(=O)C3C=CC(OC4=CCC(OC)C=C4)CC3)CC2)C=C1. The summed E-state index contributed by atoms with van der Waals surface area (Å²) in [4.78, 5) is 0. The van der Waals surface area contributed by atoms with E-state index >= 15 is 0 Å². The highest BCUT2D eigenvalue weighted by Crippen LogP contribution is 2.30. The minimum absolute atomic E-state index is 0.000531. The predicted octanol–water partition coefficient (Wildman–Crippen LogP) is 4.33. The molecule has 33 heavy (non-hydrogen) atoms. The summed E-state index contributed by atoms with van der Waals surface area (Å²) in [6.07, 6.45) is 23.4. The molecule has 0 aromatic heterocycles. The zero-order valence-electron chi connectivity index (χ0n) is 19.3. The monoisotopic (exact) mass is 474 g/mol. The summed E-state index contributed by atoms with van der Waals surface area (Å²) in [6.45, 7) is 0. The van der Waals surface area contributed by atoms with Crippen LogP contribution in [0.2, 0.25) is 0 Å². The van der Waals surface area contributed by atoms with E-state index in [1.165, 1.54) is 0 Å². The molecule has 0 spiro atoms. The molecule has 0 aromatic rings. The van der Waals surface area contributed by atoms with Crippen molar-refractivity contribution < 1.29 is 27.4 Å². The van der Waals surface area contributed by atoms with Gasteiger partial charge in [-0.2, -0.15) is 0 Å².